The quantitative estimate of drug-likeness (QED) is 0.456. The molecular formula is C27H25N5O4S2. The number of thioether (sulfide) groups is 1. The molecule has 0 saturated carbocycles. The van der Waals surface area contributed by atoms with Gasteiger partial charge in [-0.3, -0.25) is 9.59 Å². The number of amides is 2. The van der Waals surface area contributed by atoms with Crippen molar-refractivity contribution in [3.63, 3.8) is 0 Å². The average molecular weight is 548 g/mol. The fraction of sp³-hybridized carbons (Fsp3) is 0.148. The second kappa shape index (κ2) is 10.3. The number of hydrogen-bond acceptors (Lipinski definition) is 7. The lowest BCUT2D eigenvalue weighted by molar-refractivity contribution is -0.117. The van der Waals surface area contributed by atoms with E-state index in [1.54, 1.807) is 24.3 Å². The Bertz CT molecular complexity index is 1550. The molecular weight excluding hydrogens is 522 g/mol. The Morgan fingerprint density at radius 3 is 2.32 bits per heavy atom. The Kier molecular flexibility index (Phi) is 6.96. The third kappa shape index (κ3) is 5.74. The molecule has 11 heteroatoms. The number of rotatable bonds is 6. The summed E-state index contributed by atoms with van der Waals surface area (Å²) in [6.07, 6.45) is 1.82. The molecule has 2 aliphatic heterocycles. The lowest BCUT2D eigenvalue weighted by atomic mass is 10.1. The van der Waals surface area contributed by atoms with Crippen LogP contribution in [-0.4, -0.2) is 39.0 Å². The van der Waals surface area contributed by atoms with E-state index < -0.39 is 16.1 Å². The number of nitrogens with one attached hydrogen (secondary N) is 2. The fourth-order valence-corrected chi connectivity index (χ4v) is 5.99. The highest BCUT2D eigenvalue weighted by molar-refractivity contribution is 8.18. The molecule has 0 aliphatic carbocycles. The van der Waals surface area contributed by atoms with Crippen molar-refractivity contribution >= 4 is 62.1 Å². The predicted molar refractivity (Wildman–Crippen MR) is 151 cm³/mol. The molecule has 2 N–H and O–H groups in total. The Labute approximate surface area is 225 Å². The highest BCUT2D eigenvalue weighted by Crippen LogP contribution is 2.30. The van der Waals surface area contributed by atoms with Crippen LogP contribution in [0.3, 0.4) is 0 Å². The Balaban J connectivity index is 1.24. The molecule has 3 aromatic rings. The van der Waals surface area contributed by atoms with E-state index in [4.69, 9.17) is 0 Å². The number of amidine groups is 1. The molecule has 0 radical (unpaired) electrons. The lowest BCUT2D eigenvalue weighted by Crippen LogP contribution is -2.29. The minimum atomic E-state index is -3.87. The average Bonchev–Trinajstić information content (AvgIpc) is 3.37. The summed E-state index contributed by atoms with van der Waals surface area (Å²) < 4.78 is 26.9. The van der Waals surface area contributed by atoms with Gasteiger partial charge in [-0.1, -0.05) is 42.0 Å². The highest BCUT2D eigenvalue weighted by Gasteiger charge is 2.33. The van der Waals surface area contributed by atoms with Gasteiger partial charge in [0.2, 0.25) is 0 Å². The summed E-state index contributed by atoms with van der Waals surface area (Å²) in [5, 5.41) is 3.18. The van der Waals surface area contributed by atoms with E-state index in [9.17, 15) is 18.0 Å². The normalized spacial score (nSPS) is 18.6. The largest absolute Gasteiger partial charge is 0.370 e. The van der Waals surface area contributed by atoms with Gasteiger partial charge in [-0.25, -0.2) is 14.0 Å². The number of carbonyl (C=O) groups is 2. The zero-order valence-electron chi connectivity index (χ0n) is 20.7. The topological polar surface area (TPSA) is 111 Å². The van der Waals surface area contributed by atoms with Crippen LogP contribution in [0.4, 0.5) is 17.1 Å². The summed E-state index contributed by atoms with van der Waals surface area (Å²) in [6, 6.07) is 22.9. The molecule has 38 heavy (non-hydrogen) atoms. The molecule has 9 nitrogen and oxygen atoms in total. The van der Waals surface area contributed by atoms with E-state index >= 15 is 0 Å². The zero-order chi connectivity index (χ0) is 26.9. The molecule has 3 aromatic carbocycles. The Morgan fingerprint density at radius 1 is 1.00 bits per heavy atom. The predicted octanol–water partition coefficient (Wildman–Crippen LogP) is 3.70. The van der Waals surface area contributed by atoms with Gasteiger partial charge < -0.3 is 10.2 Å². The van der Waals surface area contributed by atoms with Gasteiger partial charge in [0.05, 0.1) is 16.3 Å². The van der Waals surface area contributed by atoms with Crippen LogP contribution >= 0.6 is 11.8 Å². The second-order valence-corrected chi connectivity index (χ2v) is 11.6. The molecule has 0 aromatic heterocycles. The van der Waals surface area contributed by atoms with Gasteiger partial charge in [0.25, 0.3) is 11.8 Å². The molecule has 5 rings (SSSR count). The lowest BCUT2D eigenvalue weighted by Gasteiger charge is -2.19. The summed E-state index contributed by atoms with van der Waals surface area (Å²) in [7, 11) is -1.82. The fourth-order valence-electron chi connectivity index (χ4n) is 4.00. The van der Waals surface area contributed by atoms with Crippen LogP contribution in [0, 0.1) is 6.92 Å². The number of hydrogen-bond donors (Lipinski definition) is 2. The molecule has 0 unspecified atom stereocenters. The number of carbonyl (C=O) groups excluding carboxylic acids is 2. The third-order valence-corrected chi connectivity index (χ3v) is 8.33. The molecule has 2 fully saturated rings. The summed E-state index contributed by atoms with van der Waals surface area (Å²) in [5.41, 5.74) is 5.33. The number of aliphatic imine (C=N–C) groups is 1. The molecule has 2 amide bonds. The first-order chi connectivity index (χ1) is 18.2. The monoisotopic (exact) mass is 547 g/mol. The molecule has 0 spiro atoms. The van der Waals surface area contributed by atoms with Gasteiger partial charge in [-0.15, -0.1) is 0 Å². The summed E-state index contributed by atoms with van der Waals surface area (Å²) in [4.78, 5) is 31.1. The molecule has 2 heterocycles. The van der Waals surface area contributed by atoms with Crippen LogP contribution in [0.5, 0.6) is 0 Å². The molecule has 2 aliphatic rings. The van der Waals surface area contributed by atoms with Gasteiger partial charge >= 0.3 is 10.2 Å². The maximum Gasteiger partial charge on any atom is 0.326 e. The third-order valence-electron chi connectivity index (χ3n) is 6.01. The zero-order valence-corrected chi connectivity index (χ0v) is 22.3. The number of anilines is 2. The van der Waals surface area contributed by atoms with Gasteiger partial charge in [0.15, 0.2) is 5.17 Å². The minimum absolute atomic E-state index is 0.237. The van der Waals surface area contributed by atoms with Crippen molar-refractivity contribution in [1.29, 1.82) is 0 Å². The van der Waals surface area contributed by atoms with E-state index in [-0.39, 0.29) is 12.5 Å². The second-order valence-electron chi connectivity index (χ2n) is 8.97. The first-order valence-corrected chi connectivity index (χ1v) is 14.0. The number of aryl methyl sites for hydroxylation is 1. The highest BCUT2D eigenvalue weighted by atomic mass is 32.2. The van der Waals surface area contributed by atoms with Crippen molar-refractivity contribution in [3.05, 3.63) is 94.4 Å². The van der Waals surface area contributed by atoms with Crippen molar-refractivity contribution in [2.24, 2.45) is 4.99 Å². The van der Waals surface area contributed by atoms with Crippen molar-refractivity contribution < 1.29 is 18.0 Å². The first-order valence-electron chi connectivity index (χ1n) is 11.8. The SMILES string of the molecule is Cc1ccc(CN(C)c2ccc(/C=C3/SC(=Nc4ccc(N5CC(=O)NS5(=O)=O)cc4)NC3=O)cc2)cc1. The molecule has 194 valence electrons. The Hall–Kier alpha value is -4.09. The van der Waals surface area contributed by atoms with E-state index in [2.05, 4.69) is 46.4 Å². The molecule has 0 atom stereocenters. The minimum Gasteiger partial charge on any atom is -0.370 e. The van der Waals surface area contributed by atoms with E-state index in [1.807, 2.05) is 42.1 Å². The summed E-state index contributed by atoms with van der Waals surface area (Å²) in [5.74, 6) is -0.818. The van der Waals surface area contributed by atoms with Crippen LogP contribution < -0.4 is 19.2 Å². The van der Waals surface area contributed by atoms with Gasteiger partial charge in [0.1, 0.15) is 6.54 Å². The van der Waals surface area contributed by atoms with E-state index in [0.717, 1.165) is 22.1 Å². The van der Waals surface area contributed by atoms with Crippen LogP contribution in [0.25, 0.3) is 6.08 Å². The van der Waals surface area contributed by atoms with Crippen molar-refractivity contribution in [3.8, 4) is 0 Å². The number of benzene rings is 3. The van der Waals surface area contributed by atoms with Crippen LogP contribution in [0.15, 0.2) is 82.7 Å². The van der Waals surface area contributed by atoms with Crippen molar-refractivity contribution in [2.45, 2.75) is 13.5 Å². The molecule has 0 bridgehead atoms. The van der Waals surface area contributed by atoms with Gasteiger partial charge in [0, 0.05) is 19.3 Å². The summed E-state index contributed by atoms with van der Waals surface area (Å²) >= 11 is 1.23. The maximum absolute atomic E-state index is 12.5. The maximum atomic E-state index is 12.5. The van der Waals surface area contributed by atoms with E-state index in [1.165, 1.54) is 22.9 Å². The van der Waals surface area contributed by atoms with Gasteiger partial charge in [-0.05, 0) is 72.3 Å². The Morgan fingerprint density at radius 2 is 1.68 bits per heavy atom. The van der Waals surface area contributed by atoms with Crippen LogP contribution in [0.1, 0.15) is 16.7 Å². The first kappa shape index (κ1) is 25.6. The smallest absolute Gasteiger partial charge is 0.326 e. The van der Waals surface area contributed by atoms with E-state index in [0.29, 0.717) is 21.4 Å². The number of nitrogens with zero attached hydrogens (tertiary/aromatic N) is 3. The standard InChI is InChI=1S/C27H25N5O4S2/c1-18-3-5-20(6-4-18)16-31(2)22-11-7-19(8-12-22)15-24-26(34)29-27(37-24)28-21-9-13-23(14-10-21)32-17-25(33)30-38(32,35)36/h3-15H,16-17H2,1-2H3,(H,30,33)(H,28,29,34)/b24-15+. The molecule has 2 saturated heterocycles. The van der Waals surface area contributed by atoms with Crippen molar-refractivity contribution in [2.75, 3.05) is 22.8 Å². The van der Waals surface area contributed by atoms with Gasteiger partial charge in [-0.2, -0.15) is 8.42 Å². The summed E-state index contributed by atoms with van der Waals surface area (Å²) in [6.45, 7) is 2.60. The van der Waals surface area contributed by atoms with Crippen LogP contribution in [0.2, 0.25) is 0 Å². The van der Waals surface area contributed by atoms with Crippen molar-refractivity contribution in [1.82, 2.24) is 10.0 Å². The van der Waals surface area contributed by atoms with Crippen LogP contribution in [-0.2, 0) is 26.3 Å².